The molecule has 1 aliphatic carbocycles. The van der Waals surface area contributed by atoms with Crippen molar-refractivity contribution in [2.24, 2.45) is 0 Å². The predicted octanol–water partition coefficient (Wildman–Crippen LogP) is 2.95. The summed E-state index contributed by atoms with van der Waals surface area (Å²) in [6, 6.07) is 6.99. The van der Waals surface area contributed by atoms with E-state index in [4.69, 9.17) is 9.26 Å². The summed E-state index contributed by atoms with van der Waals surface area (Å²) in [5.74, 6) is 0.859. The fraction of sp³-hybridized carbons (Fsp3) is 0.400. The SMILES string of the molecule is Cc1ccc(F)cc1OCc1cc(CNC2CC2)no1. The van der Waals surface area contributed by atoms with Crippen LogP contribution in [0.1, 0.15) is 29.9 Å². The number of aromatic nitrogens is 1. The van der Waals surface area contributed by atoms with E-state index in [1.807, 2.05) is 13.0 Å². The highest BCUT2D eigenvalue weighted by Gasteiger charge is 2.20. The molecular weight excluding hydrogens is 259 g/mol. The van der Waals surface area contributed by atoms with Gasteiger partial charge in [0.15, 0.2) is 5.76 Å². The zero-order chi connectivity index (χ0) is 13.9. The second-order valence-electron chi connectivity index (χ2n) is 5.14. The maximum atomic E-state index is 13.1. The van der Waals surface area contributed by atoms with E-state index in [0.717, 1.165) is 11.3 Å². The number of ether oxygens (including phenoxy) is 1. The van der Waals surface area contributed by atoms with Crippen molar-refractivity contribution in [3.63, 3.8) is 0 Å². The molecular formula is C15H17FN2O2. The highest BCUT2D eigenvalue weighted by Crippen LogP contribution is 2.21. The molecule has 4 nitrogen and oxygen atoms in total. The lowest BCUT2D eigenvalue weighted by atomic mass is 10.2. The van der Waals surface area contributed by atoms with Crippen molar-refractivity contribution < 1.29 is 13.7 Å². The van der Waals surface area contributed by atoms with Gasteiger partial charge in [-0.3, -0.25) is 0 Å². The lowest BCUT2D eigenvalue weighted by molar-refractivity contribution is 0.246. The lowest BCUT2D eigenvalue weighted by Crippen LogP contribution is -2.15. The van der Waals surface area contributed by atoms with Gasteiger partial charge in [0, 0.05) is 24.7 Å². The molecule has 0 atom stereocenters. The van der Waals surface area contributed by atoms with Crippen molar-refractivity contribution in [2.45, 2.75) is 39.0 Å². The van der Waals surface area contributed by atoms with Crippen LogP contribution in [0.25, 0.3) is 0 Å². The Kier molecular flexibility index (Phi) is 3.69. The van der Waals surface area contributed by atoms with Gasteiger partial charge < -0.3 is 14.6 Å². The van der Waals surface area contributed by atoms with Crippen LogP contribution in [0.15, 0.2) is 28.8 Å². The molecule has 0 unspecified atom stereocenters. The zero-order valence-electron chi connectivity index (χ0n) is 11.4. The number of benzene rings is 1. The van der Waals surface area contributed by atoms with Crippen LogP contribution in [-0.4, -0.2) is 11.2 Å². The molecule has 0 amide bonds. The van der Waals surface area contributed by atoms with Crippen LogP contribution in [0.3, 0.4) is 0 Å². The Morgan fingerprint density at radius 3 is 3.05 bits per heavy atom. The van der Waals surface area contributed by atoms with Crippen LogP contribution < -0.4 is 10.1 Å². The molecule has 5 heteroatoms. The Hall–Kier alpha value is -1.88. The smallest absolute Gasteiger partial charge is 0.174 e. The standard InChI is InChI=1S/C15H17FN2O2/c1-10-2-3-11(16)6-15(10)19-9-14-7-13(18-20-14)8-17-12-4-5-12/h2-3,6-7,12,17H,4-5,8-9H2,1H3. The third-order valence-electron chi connectivity index (χ3n) is 3.28. The maximum Gasteiger partial charge on any atom is 0.174 e. The summed E-state index contributed by atoms with van der Waals surface area (Å²) >= 11 is 0. The third kappa shape index (κ3) is 3.36. The van der Waals surface area contributed by atoms with E-state index in [1.165, 1.54) is 25.0 Å². The van der Waals surface area contributed by atoms with Crippen LogP contribution in [-0.2, 0) is 13.2 Å². The van der Waals surface area contributed by atoms with Crippen LogP contribution in [0, 0.1) is 12.7 Å². The summed E-state index contributed by atoms with van der Waals surface area (Å²) in [5.41, 5.74) is 1.76. The highest BCUT2D eigenvalue weighted by molar-refractivity contribution is 5.32. The molecule has 0 saturated heterocycles. The summed E-state index contributed by atoms with van der Waals surface area (Å²) in [7, 11) is 0. The Labute approximate surface area is 116 Å². The summed E-state index contributed by atoms with van der Waals surface area (Å²) in [6.45, 7) is 2.84. The van der Waals surface area contributed by atoms with Crippen LogP contribution in [0.5, 0.6) is 5.75 Å². The van der Waals surface area contributed by atoms with E-state index >= 15 is 0 Å². The van der Waals surface area contributed by atoms with E-state index in [-0.39, 0.29) is 12.4 Å². The number of aryl methyl sites for hydroxylation is 1. The predicted molar refractivity (Wildman–Crippen MR) is 71.8 cm³/mol. The highest BCUT2D eigenvalue weighted by atomic mass is 19.1. The van der Waals surface area contributed by atoms with Crippen LogP contribution in [0.2, 0.25) is 0 Å². The van der Waals surface area contributed by atoms with E-state index in [0.29, 0.717) is 24.1 Å². The van der Waals surface area contributed by atoms with Crippen LogP contribution in [0.4, 0.5) is 4.39 Å². The molecule has 1 heterocycles. The van der Waals surface area contributed by atoms with Gasteiger partial charge in [0.25, 0.3) is 0 Å². The number of hydrogen-bond donors (Lipinski definition) is 1. The number of nitrogens with zero attached hydrogens (tertiary/aromatic N) is 1. The van der Waals surface area contributed by atoms with Crippen molar-refractivity contribution in [3.05, 3.63) is 47.1 Å². The average molecular weight is 276 g/mol. The van der Waals surface area contributed by atoms with Gasteiger partial charge in [-0.2, -0.15) is 0 Å². The zero-order valence-corrected chi connectivity index (χ0v) is 11.4. The first-order valence-corrected chi connectivity index (χ1v) is 6.77. The molecule has 1 fully saturated rings. The fourth-order valence-corrected chi connectivity index (χ4v) is 1.92. The fourth-order valence-electron chi connectivity index (χ4n) is 1.92. The first-order chi connectivity index (χ1) is 9.70. The van der Waals surface area contributed by atoms with Gasteiger partial charge in [0.1, 0.15) is 18.2 Å². The Morgan fingerprint density at radius 2 is 2.25 bits per heavy atom. The third-order valence-corrected chi connectivity index (χ3v) is 3.28. The molecule has 0 spiro atoms. The molecule has 106 valence electrons. The second kappa shape index (κ2) is 5.63. The Morgan fingerprint density at radius 1 is 1.40 bits per heavy atom. The van der Waals surface area contributed by atoms with Crippen molar-refractivity contribution in [3.8, 4) is 5.75 Å². The van der Waals surface area contributed by atoms with E-state index in [2.05, 4.69) is 10.5 Å². The van der Waals surface area contributed by atoms with Crippen molar-refractivity contribution >= 4 is 0 Å². The minimum absolute atomic E-state index is 0.251. The van der Waals surface area contributed by atoms with Crippen molar-refractivity contribution in [1.29, 1.82) is 0 Å². The summed E-state index contributed by atoms with van der Waals surface area (Å²) in [4.78, 5) is 0. The second-order valence-corrected chi connectivity index (χ2v) is 5.14. The van der Waals surface area contributed by atoms with Gasteiger partial charge in [-0.05, 0) is 31.4 Å². The minimum atomic E-state index is -0.308. The Bertz CT molecular complexity index is 593. The van der Waals surface area contributed by atoms with E-state index in [1.54, 1.807) is 6.07 Å². The van der Waals surface area contributed by atoms with Gasteiger partial charge in [-0.1, -0.05) is 11.2 Å². The molecule has 1 aromatic heterocycles. The van der Waals surface area contributed by atoms with Gasteiger partial charge in [-0.15, -0.1) is 0 Å². The molecule has 0 aliphatic heterocycles. The number of hydrogen-bond acceptors (Lipinski definition) is 4. The normalized spacial score (nSPS) is 14.5. The number of nitrogens with one attached hydrogen (secondary N) is 1. The maximum absolute atomic E-state index is 13.1. The molecule has 1 aromatic carbocycles. The quantitative estimate of drug-likeness (QED) is 0.881. The lowest BCUT2D eigenvalue weighted by Gasteiger charge is -2.06. The Balaban J connectivity index is 1.55. The summed E-state index contributed by atoms with van der Waals surface area (Å²) in [5, 5.41) is 7.34. The van der Waals surface area contributed by atoms with Gasteiger partial charge in [0.2, 0.25) is 0 Å². The molecule has 1 aliphatic rings. The molecule has 1 N–H and O–H groups in total. The van der Waals surface area contributed by atoms with Gasteiger partial charge >= 0.3 is 0 Å². The van der Waals surface area contributed by atoms with Crippen LogP contribution >= 0.6 is 0 Å². The van der Waals surface area contributed by atoms with Gasteiger partial charge in [-0.25, -0.2) is 4.39 Å². The summed E-state index contributed by atoms with van der Waals surface area (Å²) < 4.78 is 23.9. The molecule has 0 radical (unpaired) electrons. The van der Waals surface area contributed by atoms with Crippen molar-refractivity contribution in [1.82, 2.24) is 10.5 Å². The van der Waals surface area contributed by atoms with Gasteiger partial charge in [0.05, 0.1) is 5.69 Å². The average Bonchev–Trinajstić information content (AvgIpc) is 3.16. The van der Waals surface area contributed by atoms with Crippen molar-refractivity contribution in [2.75, 3.05) is 0 Å². The first kappa shape index (κ1) is 13.1. The molecule has 2 aromatic rings. The molecule has 3 rings (SSSR count). The topological polar surface area (TPSA) is 47.3 Å². The molecule has 1 saturated carbocycles. The number of halogens is 1. The minimum Gasteiger partial charge on any atom is -0.485 e. The van der Waals surface area contributed by atoms with E-state index in [9.17, 15) is 4.39 Å². The van der Waals surface area contributed by atoms with E-state index < -0.39 is 0 Å². The molecule has 20 heavy (non-hydrogen) atoms. The largest absolute Gasteiger partial charge is 0.485 e. The molecule has 0 bridgehead atoms. The first-order valence-electron chi connectivity index (χ1n) is 6.77. The monoisotopic (exact) mass is 276 g/mol. The number of rotatable bonds is 6. The summed E-state index contributed by atoms with van der Waals surface area (Å²) in [6.07, 6.45) is 2.49.